The van der Waals surface area contributed by atoms with Crippen molar-refractivity contribution in [3.63, 3.8) is 0 Å². The number of aromatic hydroxyl groups is 1. The summed E-state index contributed by atoms with van der Waals surface area (Å²) in [6, 6.07) is 7.09. The number of benzene rings is 1. The van der Waals surface area contributed by atoms with Crippen molar-refractivity contribution in [3.8, 4) is 5.75 Å². The van der Waals surface area contributed by atoms with Gasteiger partial charge in [0.25, 0.3) is 0 Å². The fraction of sp³-hybridized carbons (Fsp3) is 0.250. The second-order valence-corrected chi connectivity index (χ2v) is 2.48. The van der Waals surface area contributed by atoms with Gasteiger partial charge < -0.3 is 5.11 Å². The molecule has 0 aliphatic carbocycles. The largest absolute Gasteiger partial charge is 0.508 e. The van der Waals surface area contributed by atoms with Gasteiger partial charge in [-0.05, 0) is 24.6 Å². The molecule has 0 radical (unpaired) electrons. The first-order valence-electron chi connectivity index (χ1n) is 3.49. The van der Waals surface area contributed by atoms with Crippen LogP contribution in [0.5, 0.6) is 5.75 Å². The molecule has 4 N–H and O–H groups in total. The van der Waals surface area contributed by atoms with Gasteiger partial charge in [-0.25, -0.2) is 0 Å². The van der Waals surface area contributed by atoms with Crippen LogP contribution in [0.4, 0.5) is 0 Å². The van der Waals surface area contributed by atoms with E-state index in [0.29, 0.717) is 0 Å². The third-order valence-electron chi connectivity index (χ3n) is 1.62. The van der Waals surface area contributed by atoms with E-state index in [4.69, 9.17) is 10.9 Å². The first kappa shape index (κ1) is 8.04. The Morgan fingerprint density at radius 1 is 1.55 bits per heavy atom. The van der Waals surface area contributed by atoms with Gasteiger partial charge in [-0.2, -0.15) is 0 Å². The summed E-state index contributed by atoms with van der Waals surface area (Å²) in [6.07, 6.45) is 0. The summed E-state index contributed by atoms with van der Waals surface area (Å²) in [5, 5.41) is 9.09. The number of nitrogens with two attached hydrogens (primary N) is 1. The van der Waals surface area contributed by atoms with Gasteiger partial charge >= 0.3 is 0 Å². The minimum atomic E-state index is 0.0714. The molecular weight excluding hydrogens is 140 g/mol. The molecule has 1 atom stereocenters. The van der Waals surface area contributed by atoms with Crippen molar-refractivity contribution in [1.82, 2.24) is 5.43 Å². The molecule has 0 aliphatic rings. The highest BCUT2D eigenvalue weighted by Crippen LogP contribution is 2.16. The van der Waals surface area contributed by atoms with Crippen molar-refractivity contribution in [2.75, 3.05) is 0 Å². The number of phenols is 1. The first-order chi connectivity index (χ1) is 5.24. The second-order valence-electron chi connectivity index (χ2n) is 2.48. The zero-order chi connectivity index (χ0) is 8.27. The highest BCUT2D eigenvalue weighted by molar-refractivity contribution is 5.28. The fourth-order valence-electron chi connectivity index (χ4n) is 0.890. The monoisotopic (exact) mass is 152 g/mol. The van der Waals surface area contributed by atoms with Gasteiger partial charge in [0.2, 0.25) is 0 Å². The Bertz CT molecular complexity index is 237. The molecule has 1 aromatic carbocycles. The van der Waals surface area contributed by atoms with Gasteiger partial charge in [-0.3, -0.25) is 11.3 Å². The van der Waals surface area contributed by atoms with Crippen LogP contribution in [0.2, 0.25) is 0 Å². The summed E-state index contributed by atoms with van der Waals surface area (Å²) in [5.41, 5.74) is 3.58. The number of hydrogen-bond acceptors (Lipinski definition) is 3. The Balaban J connectivity index is 2.86. The molecule has 1 rings (SSSR count). The molecule has 0 saturated carbocycles. The predicted octanol–water partition coefficient (Wildman–Crippen LogP) is 0.917. The molecule has 0 aliphatic heterocycles. The molecule has 1 aromatic rings. The molecular formula is C8H12N2O. The lowest BCUT2D eigenvalue weighted by Crippen LogP contribution is -2.25. The standard InChI is InChI=1S/C8H12N2O/c1-6(10-9)7-3-2-4-8(11)5-7/h2-6,10-11H,9H2,1H3. The number of phenolic OH excluding ortho intramolecular Hbond substituents is 1. The van der Waals surface area contributed by atoms with E-state index in [2.05, 4.69) is 5.43 Å². The fourth-order valence-corrected chi connectivity index (χ4v) is 0.890. The summed E-state index contributed by atoms with van der Waals surface area (Å²) in [4.78, 5) is 0. The topological polar surface area (TPSA) is 58.3 Å². The van der Waals surface area contributed by atoms with Crippen LogP contribution in [0.3, 0.4) is 0 Å². The zero-order valence-electron chi connectivity index (χ0n) is 6.41. The van der Waals surface area contributed by atoms with E-state index in [1.807, 2.05) is 13.0 Å². The lowest BCUT2D eigenvalue weighted by atomic mass is 10.1. The van der Waals surface area contributed by atoms with Crippen LogP contribution in [0.1, 0.15) is 18.5 Å². The lowest BCUT2D eigenvalue weighted by molar-refractivity contribution is 0.472. The van der Waals surface area contributed by atoms with Crippen LogP contribution in [-0.4, -0.2) is 5.11 Å². The summed E-state index contributed by atoms with van der Waals surface area (Å²) < 4.78 is 0. The Kier molecular flexibility index (Phi) is 2.46. The molecule has 0 bridgehead atoms. The molecule has 0 saturated heterocycles. The second kappa shape index (κ2) is 3.37. The molecule has 0 fully saturated rings. The number of hydrazine groups is 1. The highest BCUT2D eigenvalue weighted by atomic mass is 16.3. The average molecular weight is 152 g/mol. The molecule has 0 heterocycles. The first-order valence-corrected chi connectivity index (χ1v) is 3.49. The van der Waals surface area contributed by atoms with Crippen molar-refractivity contribution < 1.29 is 5.11 Å². The maximum Gasteiger partial charge on any atom is 0.115 e. The number of nitrogens with one attached hydrogen (secondary N) is 1. The Hall–Kier alpha value is -1.06. The van der Waals surface area contributed by atoms with E-state index in [-0.39, 0.29) is 11.8 Å². The zero-order valence-corrected chi connectivity index (χ0v) is 6.41. The van der Waals surface area contributed by atoms with E-state index in [1.54, 1.807) is 18.2 Å². The quantitative estimate of drug-likeness (QED) is 0.436. The highest BCUT2D eigenvalue weighted by Gasteiger charge is 2.01. The third kappa shape index (κ3) is 1.93. The van der Waals surface area contributed by atoms with Crippen LogP contribution >= 0.6 is 0 Å². The summed E-state index contributed by atoms with van der Waals surface area (Å²) in [5.74, 6) is 5.49. The van der Waals surface area contributed by atoms with Gasteiger partial charge in [0.15, 0.2) is 0 Å². The van der Waals surface area contributed by atoms with Crippen LogP contribution in [0.15, 0.2) is 24.3 Å². The summed E-state index contributed by atoms with van der Waals surface area (Å²) in [7, 11) is 0. The summed E-state index contributed by atoms with van der Waals surface area (Å²) in [6.45, 7) is 1.93. The minimum absolute atomic E-state index is 0.0714. The van der Waals surface area contributed by atoms with E-state index >= 15 is 0 Å². The SMILES string of the molecule is CC(NN)c1cccc(O)c1. The van der Waals surface area contributed by atoms with E-state index in [0.717, 1.165) is 5.56 Å². The summed E-state index contributed by atoms with van der Waals surface area (Å²) >= 11 is 0. The Morgan fingerprint density at radius 3 is 2.82 bits per heavy atom. The average Bonchev–Trinajstić information content (AvgIpc) is 2.03. The molecule has 60 valence electrons. The number of hydrogen-bond donors (Lipinski definition) is 3. The van der Waals surface area contributed by atoms with Crippen molar-refractivity contribution in [1.29, 1.82) is 0 Å². The minimum Gasteiger partial charge on any atom is -0.508 e. The Labute approximate surface area is 65.8 Å². The van der Waals surface area contributed by atoms with Crippen LogP contribution in [-0.2, 0) is 0 Å². The molecule has 11 heavy (non-hydrogen) atoms. The lowest BCUT2D eigenvalue weighted by Gasteiger charge is -2.09. The van der Waals surface area contributed by atoms with Crippen molar-refractivity contribution in [3.05, 3.63) is 29.8 Å². The molecule has 0 amide bonds. The van der Waals surface area contributed by atoms with Gasteiger partial charge in [-0.1, -0.05) is 12.1 Å². The molecule has 0 aromatic heterocycles. The molecule has 3 heteroatoms. The molecule has 0 spiro atoms. The predicted molar refractivity (Wildman–Crippen MR) is 43.8 cm³/mol. The molecule has 1 unspecified atom stereocenters. The normalized spacial score (nSPS) is 12.9. The van der Waals surface area contributed by atoms with E-state index in [9.17, 15) is 0 Å². The van der Waals surface area contributed by atoms with Crippen molar-refractivity contribution >= 4 is 0 Å². The van der Waals surface area contributed by atoms with E-state index in [1.165, 1.54) is 0 Å². The van der Waals surface area contributed by atoms with E-state index < -0.39 is 0 Å². The van der Waals surface area contributed by atoms with Gasteiger partial charge in [0.1, 0.15) is 5.75 Å². The smallest absolute Gasteiger partial charge is 0.115 e. The van der Waals surface area contributed by atoms with Crippen molar-refractivity contribution in [2.45, 2.75) is 13.0 Å². The van der Waals surface area contributed by atoms with Crippen LogP contribution < -0.4 is 11.3 Å². The third-order valence-corrected chi connectivity index (χ3v) is 1.62. The van der Waals surface area contributed by atoms with Gasteiger partial charge in [0, 0.05) is 6.04 Å². The molecule has 3 nitrogen and oxygen atoms in total. The number of rotatable bonds is 2. The van der Waals surface area contributed by atoms with Crippen LogP contribution in [0.25, 0.3) is 0 Å². The van der Waals surface area contributed by atoms with Gasteiger partial charge in [-0.15, -0.1) is 0 Å². The van der Waals surface area contributed by atoms with Crippen LogP contribution in [0, 0.1) is 0 Å². The Morgan fingerprint density at radius 2 is 2.27 bits per heavy atom. The van der Waals surface area contributed by atoms with Gasteiger partial charge in [0.05, 0.1) is 0 Å². The van der Waals surface area contributed by atoms with Crippen molar-refractivity contribution in [2.24, 2.45) is 5.84 Å². The maximum atomic E-state index is 9.09. The maximum absolute atomic E-state index is 9.09.